The van der Waals surface area contributed by atoms with Crippen molar-refractivity contribution in [3.8, 4) is 5.75 Å². The molecule has 19 heavy (non-hydrogen) atoms. The predicted molar refractivity (Wildman–Crippen MR) is 69.0 cm³/mol. The van der Waals surface area contributed by atoms with Crippen molar-refractivity contribution in [3.63, 3.8) is 0 Å². The van der Waals surface area contributed by atoms with E-state index < -0.39 is 11.6 Å². The highest BCUT2D eigenvalue weighted by Crippen LogP contribution is 2.25. The number of rotatable bonds is 3. The van der Waals surface area contributed by atoms with E-state index in [0.29, 0.717) is 17.6 Å². The Morgan fingerprint density at radius 2 is 2.05 bits per heavy atom. The second-order valence-electron chi connectivity index (χ2n) is 4.12. The molecular formula is C12H13BrF2N2O2. The third-order valence-corrected chi connectivity index (χ3v) is 3.24. The SMILES string of the molecule is O=C(COc1cc(Br)cc(F)c1F)N1CCNCC1. The third kappa shape index (κ3) is 3.63. The number of nitrogens with zero attached hydrogens (tertiary/aromatic N) is 1. The molecule has 1 heterocycles. The Morgan fingerprint density at radius 1 is 1.37 bits per heavy atom. The van der Waals surface area contributed by atoms with Gasteiger partial charge in [0.1, 0.15) is 0 Å². The van der Waals surface area contributed by atoms with Crippen molar-refractivity contribution >= 4 is 21.8 Å². The van der Waals surface area contributed by atoms with Crippen LogP contribution in [0.2, 0.25) is 0 Å². The van der Waals surface area contributed by atoms with Crippen LogP contribution in [0.15, 0.2) is 16.6 Å². The first-order valence-corrected chi connectivity index (χ1v) is 6.63. The van der Waals surface area contributed by atoms with Crippen LogP contribution < -0.4 is 10.1 Å². The van der Waals surface area contributed by atoms with Crippen LogP contribution in [0.25, 0.3) is 0 Å². The van der Waals surface area contributed by atoms with E-state index in [0.717, 1.165) is 19.2 Å². The normalized spacial score (nSPS) is 15.4. The van der Waals surface area contributed by atoms with E-state index >= 15 is 0 Å². The van der Waals surface area contributed by atoms with Gasteiger partial charge in [0.2, 0.25) is 5.82 Å². The molecule has 0 aliphatic carbocycles. The van der Waals surface area contributed by atoms with Crippen LogP contribution in [-0.2, 0) is 4.79 Å². The lowest BCUT2D eigenvalue weighted by Gasteiger charge is -2.27. The zero-order chi connectivity index (χ0) is 13.8. The summed E-state index contributed by atoms with van der Waals surface area (Å²) in [6.45, 7) is 2.35. The second-order valence-corrected chi connectivity index (χ2v) is 5.03. The summed E-state index contributed by atoms with van der Waals surface area (Å²) in [7, 11) is 0. The van der Waals surface area contributed by atoms with E-state index in [1.165, 1.54) is 6.07 Å². The Bertz CT molecular complexity index is 479. The van der Waals surface area contributed by atoms with Gasteiger partial charge in [-0.1, -0.05) is 15.9 Å². The highest BCUT2D eigenvalue weighted by Gasteiger charge is 2.18. The van der Waals surface area contributed by atoms with Crippen molar-refractivity contribution in [3.05, 3.63) is 28.2 Å². The molecule has 1 aliphatic rings. The number of carbonyl (C=O) groups is 1. The van der Waals surface area contributed by atoms with Gasteiger partial charge in [-0.25, -0.2) is 4.39 Å². The fraction of sp³-hybridized carbons (Fsp3) is 0.417. The summed E-state index contributed by atoms with van der Waals surface area (Å²) in [5, 5.41) is 3.12. The maximum atomic E-state index is 13.4. The van der Waals surface area contributed by atoms with Crippen molar-refractivity contribution in [1.82, 2.24) is 10.2 Å². The number of hydrogen-bond acceptors (Lipinski definition) is 3. The molecule has 1 aliphatic heterocycles. The van der Waals surface area contributed by atoms with Gasteiger partial charge in [-0.05, 0) is 12.1 Å². The molecule has 1 amide bonds. The van der Waals surface area contributed by atoms with Gasteiger partial charge in [0.05, 0.1) is 0 Å². The monoisotopic (exact) mass is 334 g/mol. The summed E-state index contributed by atoms with van der Waals surface area (Å²) in [5.74, 6) is -2.60. The molecule has 1 fully saturated rings. The Morgan fingerprint density at radius 3 is 2.74 bits per heavy atom. The molecule has 104 valence electrons. The number of amides is 1. The summed E-state index contributed by atoms with van der Waals surface area (Å²) in [6.07, 6.45) is 0. The van der Waals surface area contributed by atoms with E-state index in [9.17, 15) is 13.6 Å². The maximum Gasteiger partial charge on any atom is 0.260 e. The summed E-state index contributed by atoms with van der Waals surface area (Å²) in [6, 6.07) is 2.30. The lowest BCUT2D eigenvalue weighted by Crippen LogP contribution is -2.47. The van der Waals surface area contributed by atoms with Crippen LogP contribution in [0, 0.1) is 11.6 Å². The molecule has 0 atom stereocenters. The molecule has 7 heteroatoms. The van der Waals surface area contributed by atoms with Crippen LogP contribution in [-0.4, -0.2) is 43.6 Å². The van der Waals surface area contributed by atoms with Gasteiger partial charge in [-0.2, -0.15) is 4.39 Å². The molecular weight excluding hydrogens is 322 g/mol. The molecule has 1 aromatic rings. The van der Waals surface area contributed by atoms with Gasteiger partial charge in [-0.3, -0.25) is 4.79 Å². The highest BCUT2D eigenvalue weighted by molar-refractivity contribution is 9.10. The van der Waals surface area contributed by atoms with E-state index in [-0.39, 0.29) is 18.3 Å². The smallest absolute Gasteiger partial charge is 0.260 e. The topological polar surface area (TPSA) is 41.6 Å². The molecule has 0 spiro atoms. The molecule has 0 bridgehead atoms. The van der Waals surface area contributed by atoms with Crippen molar-refractivity contribution in [1.29, 1.82) is 0 Å². The molecule has 1 N–H and O–H groups in total. The first-order valence-electron chi connectivity index (χ1n) is 5.84. The third-order valence-electron chi connectivity index (χ3n) is 2.78. The number of ether oxygens (including phenoxy) is 1. The van der Waals surface area contributed by atoms with Crippen molar-refractivity contribution in [2.75, 3.05) is 32.8 Å². The first-order chi connectivity index (χ1) is 9.08. The molecule has 2 rings (SSSR count). The molecule has 4 nitrogen and oxygen atoms in total. The standard InChI is InChI=1S/C12H13BrF2N2O2/c13-8-5-9(14)12(15)10(6-8)19-7-11(18)17-3-1-16-2-4-17/h5-6,16H,1-4,7H2. The summed E-state index contributed by atoms with van der Waals surface area (Å²) in [5.41, 5.74) is 0. The minimum Gasteiger partial charge on any atom is -0.481 e. The van der Waals surface area contributed by atoms with Crippen LogP contribution in [0.3, 0.4) is 0 Å². The van der Waals surface area contributed by atoms with Gasteiger partial charge in [0.15, 0.2) is 18.2 Å². The molecule has 0 unspecified atom stereocenters. The van der Waals surface area contributed by atoms with Gasteiger partial charge < -0.3 is 15.0 Å². The number of piperazine rings is 1. The van der Waals surface area contributed by atoms with Gasteiger partial charge in [0.25, 0.3) is 5.91 Å². The average Bonchev–Trinajstić information content (AvgIpc) is 2.41. The Hall–Kier alpha value is -1.21. The Kier molecular flexibility index (Phi) is 4.71. The summed E-state index contributed by atoms with van der Waals surface area (Å²) >= 11 is 3.04. The van der Waals surface area contributed by atoms with Gasteiger partial charge >= 0.3 is 0 Å². The van der Waals surface area contributed by atoms with Gasteiger partial charge in [-0.15, -0.1) is 0 Å². The second kappa shape index (κ2) is 6.29. The van der Waals surface area contributed by atoms with Crippen LogP contribution in [0.5, 0.6) is 5.75 Å². The summed E-state index contributed by atoms with van der Waals surface area (Å²) in [4.78, 5) is 13.4. The van der Waals surface area contributed by atoms with Crippen LogP contribution in [0.1, 0.15) is 0 Å². The predicted octanol–water partition coefficient (Wildman–Crippen LogP) is 1.54. The number of halogens is 3. The summed E-state index contributed by atoms with van der Waals surface area (Å²) < 4.78 is 32.0. The molecule has 0 radical (unpaired) electrons. The van der Waals surface area contributed by atoms with Crippen molar-refractivity contribution in [2.45, 2.75) is 0 Å². The molecule has 0 saturated carbocycles. The largest absolute Gasteiger partial charge is 0.481 e. The zero-order valence-corrected chi connectivity index (χ0v) is 11.7. The quantitative estimate of drug-likeness (QED) is 0.852. The number of carbonyl (C=O) groups excluding carboxylic acids is 1. The van der Waals surface area contributed by atoms with Crippen LogP contribution >= 0.6 is 15.9 Å². The molecule has 0 aromatic heterocycles. The van der Waals surface area contributed by atoms with Crippen molar-refractivity contribution in [2.24, 2.45) is 0 Å². The number of hydrogen-bond donors (Lipinski definition) is 1. The molecule has 1 saturated heterocycles. The van der Waals surface area contributed by atoms with Gasteiger partial charge in [0, 0.05) is 30.7 Å². The van der Waals surface area contributed by atoms with Crippen LogP contribution in [0.4, 0.5) is 8.78 Å². The van der Waals surface area contributed by atoms with E-state index in [1.807, 2.05) is 0 Å². The number of nitrogens with one attached hydrogen (secondary N) is 1. The first kappa shape index (κ1) is 14.2. The Balaban J connectivity index is 1.96. The molecule has 1 aromatic carbocycles. The zero-order valence-electron chi connectivity index (χ0n) is 10.1. The fourth-order valence-electron chi connectivity index (χ4n) is 1.78. The maximum absolute atomic E-state index is 13.4. The van der Waals surface area contributed by atoms with Crippen molar-refractivity contribution < 1.29 is 18.3 Å². The van der Waals surface area contributed by atoms with E-state index in [2.05, 4.69) is 21.2 Å². The minimum atomic E-state index is -1.09. The lowest BCUT2D eigenvalue weighted by atomic mass is 10.3. The fourth-order valence-corrected chi connectivity index (χ4v) is 2.19. The minimum absolute atomic E-state index is 0.235. The number of benzene rings is 1. The Labute approximate surface area is 117 Å². The highest BCUT2D eigenvalue weighted by atomic mass is 79.9. The van der Waals surface area contributed by atoms with E-state index in [4.69, 9.17) is 4.74 Å². The van der Waals surface area contributed by atoms with E-state index in [1.54, 1.807) is 4.90 Å². The lowest BCUT2D eigenvalue weighted by molar-refractivity contribution is -0.133. The average molecular weight is 335 g/mol.